The summed E-state index contributed by atoms with van der Waals surface area (Å²) in [6.07, 6.45) is 1.66. The maximum absolute atomic E-state index is 12.1. The standard InChI is InChI=1S/C17H17NO3S/c1-12-6-7-14(13(2)9-12)15(19)10-21-17(20)11-22-16-5-3-4-8-18-16/h3-9H,10-11H2,1-2H3. The van der Waals surface area contributed by atoms with Gasteiger partial charge in [0.1, 0.15) is 0 Å². The Morgan fingerprint density at radius 1 is 1.18 bits per heavy atom. The molecule has 0 N–H and O–H groups in total. The van der Waals surface area contributed by atoms with E-state index >= 15 is 0 Å². The van der Waals surface area contributed by atoms with Crippen molar-refractivity contribution in [1.82, 2.24) is 4.98 Å². The Morgan fingerprint density at radius 2 is 2.00 bits per heavy atom. The third kappa shape index (κ3) is 4.70. The van der Waals surface area contributed by atoms with Crippen molar-refractivity contribution in [2.45, 2.75) is 18.9 Å². The van der Waals surface area contributed by atoms with Gasteiger partial charge in [-0.25, -0.2) is 4.98 Å². The molecule has 0 fully saturated rings. The van der Waals surface area contributed by atoms with E-state index in [4.69, 9.17) is 4.74 Å². The van der Waals surface area contributed by atoms with Gasteiger partial charge in [0.2, 0.25) is 5.78 Å². The van der Waals surface area contributed by atoms with Gasteiger partial charge < -0.3 is 4.74 Å². The van der Waals surface area contributed by atoms with Gasteiger partial charge in [-0.3, -0.25) is 9.59 Å². The Kier molecular flexibility index (Phi) is 5.72. The number of hydrogen-bond donors (Lipinski definition) is 0. The minimum absolute atomic E-state index is 0.136. The molecule has 4 nitrogen and oxygen atoms in total. The Hall–Kier alpha value is -2.14. The maximum atomic E-state index is 12.1. The van der Waals surface area contributed by atoms with Gasteiger partial charge in [0.05, 0.1) is 10.8 Å². The number of carbonyl (C=O) groups is 2. The zero-order valence-electron chi connectivity index (χ0n) is 12.5. The molecule has 1 aromatic heterocycles. The van der Waals surface area contributed by atoms with Gasteiger partial charge >= 0.3 is 5.97 Å². The lowest BCUT2D eigenvalue weighted by Gasteiger charge is -2.07. The molecule has 0 spiro atoms. The van der Waals surface area contributed by atoms with Crippen molar-refractivity contribution in [3.8, 4) is 0 Å². The molecular formula is C17H17NO3S. The van der Waals surface area contributed by atoms with E-state index in [-0.39, 0.29) is 18.1 Å². The molecule has 0 bridgehead atoms. The van der Waals surface area contributed by atoms with Crippen LogP contribution in [-0.4, -0.2) is 29.1 Å². The van der Waals surface area contributed by atoms with Gasteiger partial charge in [-0.2, -0.15) is 0 Å². The number of ether oxygens (including phenoxy) is 1. The SMILES string of the molecule is Cc1ccc(C(=O)COC(=O)CSc2ccccn2)c(C)c1. The fraction of sp³-hybridized carbons (Fsp3) is 0.235. The minimum Gasteiger partial charge on any atom is -0.457 e. The highest BCUT2D eigenvalue weighted by molar-refractivity contribution is 7.99. The van der Waals surface area contributed by atoms with E-state index in [0.717, 1.165) is 16.2 Å². The predicted molar refractivity (Wildman–Crippen MR) is 86.2 cm³/mol. The molecule has 1 heterocycles. The summed E-state index contributed by atoms with van der Waals surface area (Å²) >= 11 is 1.28. The fourth-order valence-electron chi connectivity index (χ4n) is 1.96. The smallest absolute Gasteiger partial charge is 0.316 e. The lowest BCUT2D eigenvalue weighted by molar-refractivity contribution is -0.139. The van der Waals surface area contributed by atoms with Crippen LogP contribution in [-0.2, 0) is 9.53 Å². The Balaban J connectivity index is 1.82. The number of Topliss-reactive ketones (excluding diaryl/α,β-unsaturated/α-hetero) is 1. The Morgan fingerprint density at radius 3 is 2.68 bits per heavy atom. The molecule has 22 heavy (non-hydrogen) atoms. The number of aromatic nitrogens is 1. The second-order valence-electron chi connectivity index (χ2n) is 4.86. The molecule has 0 saturated heterocycles. The molecule has 0 aliphatic rings. The topological polar surface area (TPSA) is 56.3 Å². The molecule has 0 radical (unpaired) electrons. The molecule has 0 aliphatic heterocycles. The van der Waals surface area contributed by atoms with Crippen LogP contribution in [0.2, 0.25) is 0 Å². The Bertz CT molecular complexity index is 671. The molecule has 0 saturated carbocycles. The first kappa shape index (κ1) is 16.2. The third-order valence-electron chi connectivity index (χ3n) is 3.02. The highest BCUT2D eigenvalue weighted by Crippen LogP contribution is 2.14. The summed E-state index contributed by atoms with van der Waals surface area (Å²) in [5.41, 5.74) is 2.58. The second kappa shape index (κ2) is 7.75. The van der Waals surface area contributed by atoms with Gasteiger partial charge in [0, 0.05) is 11.8 Å². The van der Waals surface area contributed by atoms with Crippen molar-refractivity contribution in [3.05, 3.63) is 59.3 Å². The summed E-state index contributed by atoms with van der Waals surface area (Å²) in [5.74, 6) is -0.473. The van der Waals surface area contributed by atoms with Crippen molar-refractivity contribution in [1.29, 1.82) is 0 Å². The summed E-state index contributed by atoms with van der Waals surface area (Å²) < 4.78 is 5.03. The molecule has 0 unspecified atom stereocenters. The quantitative estimate of drug-likeness (QED) is 0.465. The number of carbonyl (C=O) groups excluding carboxylic acids is 2. The number of hydrogen-bond acceptors (Lipinski definition) is 5. The van der Waals surface area contributed by atoms with E-state index in [1.165, 1.54) is 11.8 Å². The van der Waals surface area contributed by atoms with Crippen LogP contribution in [0.5, 0.6) is 0 Å². The van der Waals surface area contributed by atoms with Gasteiger partial charge in [0.15, 0.2) is 6.61 Å². The highest BCUT2D eigenvalue weighted by atomic mass is 32.2. The normalized spacial score (nSPS) is 10.3. The molecule has 2 rings (SSSR count). The van der Waals surface area contributed by atoms with Crippen LogP contribution in [0.25, 0.3) is 0 Å². The van der Waals surface area contributed by atoms with E-state index in [2.05, 4.69) is 4.98 Å². The first-order valence-corrected chi connectivity index (χ1v) is 7.85. The number of thioether (sulfide) groups is 1. The lowest BCUT2D eigenvalue weighted by atomic mass is 10.0. The van der Waals surface area contributed by atoms with Crippen LogP contribution in [0.3, 0.4) is 0 Å². The van der Waals surface area contributed by atoms with E-state index in [0.29, 0.717) is 5.56 Å². The van der Waals surface area contributed by atoms with Crippen molar-refractivity contribution >= 4 is 23.5 Å². The number of aryl methyl sites for hydroxylation is 2. The molecule has 0 atom stereocenters. The molecule has 2 aromatic rings. The zero-order chi connectivity index (χ0) is 15.9. The number of esters is 1. The minimum atomic E-state index is -0.422. The van der Waals surface area contributed by atoms with Crippen LogP contribution >= 0.6 is 11.8 Å². The zero-order valence-corrected chi connectivity index (χ0v) is 13.4. The molecule has 5 heteroatoms. The highest BCUT2D eigenvalue weighted by Gasteiger charge is 2.12. The van der Waals surface area contributed by atoms with Crippen molar-refractivity contribution < 1.29 is 14.3 Å². The van der Waals surface area contributed by atoms with Gasteiger partial charge in [0.25, 0.3) is 0 Å². The number of rotatable bonds is 6. The van der Waals surface area contributed by atoms with Crippen LogP contribution in [0, 0.1) is 13.8 Å². The summed E-state index contributed by atoms with van der Waals surface area (Å²) in [6.45, 7) is 3.61. The van der Waals surface area contributed by atoms with Gasteiger partial charge in [-0.1, -0.05) is 41.6 Å². The number of ketones is 1. The molecule has 114 valence electrons. The van der Waals surface area contributed by atoms with Crippen LogP contribution in [0.1, 0.15) is 21.5 Å². The summed E-state index contributed by atoms with van der Waals surface area (Å²) in [5, 5.41) is 0.750. The average Bonchev–Trinajstić information content (AvgIpc) is 2.51. The summed E-state index contributed by atoms with van der Waals surface area (Å²) in [6, 6.07) is 11.1. The number of pyridine rings is 1. The fourth-order valence-corrected chi connectivity index (χ4v) is 2.62. The van der Waals surface area contributed by atoms with E-state index in [1.807, 2.05) is 44.2 Å². The largest absolute Gasteiger partial charge is 0.457 e. The first-order chi connectivity index (χ1) is 10.6. The first-order valence-electron chi connectivity index (χ1n) is 6.86. The van der Waals surface area contributed by atoms with E-state index < -0.39 is 5.97 Å². The number of nitrogens with zero attached hydrogens (tertiary/aromatic N) is 1. The lowest BCUT2D eigenvalue weighted by Crippen LogP contribution is -2.16. The maximum Gasteiger partial charge on any atom is 0.316 e. The molecule has 1 aromatic carbocycles. The molecule has 0 aliphatic carbocycles. The van der Waals surface area contributed by atoms with E-state index in [1.54, 1.807) is 12.3 Å². The monoisotopic (exact) mass is 315 g/mol. The molecule has 0 amide bonds. The van der Waals surface area contributed by atoms with Crippen LogP contribution in [0.4, 0.5) is 0 Å². The average molecular weight is 315 g/mol. The Labute approximate surface area is 133 Å². The van der Waals surface area contributed by atoms with Crippen molar-refractivity contribution in [3.63, 3.8) is 0 Å². The second-order valence-corrected chi connectivity index (χ2v) is 5.85. The van der Waals surface area contributed by atoms with Crippen LogP contribution < -0.4 is 0 Å². The summed E-state index contributed by atoms with van der Waals surface area (Å²) in [7, 11) is 0. The van der Waals surface area contributed by atoms with E-state index in [9.17, 15) is 9.59 Å². The van der Waals surface area contributed by atoms with Gasteiger partial charge in [-0.15, -0.1) is 0 Å². The third-order valence-corrected chi connectivity index (χ3v) is 3.94. The van der Waals surface area contributed by atoms with Crippen molar-refractivity contribution in [2.75, 3.05) is 12.4 Å². The predicted octanol–water partition coefficient (Wildman–Crippen LogP) is 3.22. The summed E-state index contributed by atoms with van der Waals surface area (Å²) in [4.78, 5) is 27.8. The van der Waals surface area contributed by atoms with Gasteiger partial charge in [-0.05, 0) is 31.5 Å². The molecular weight excluding hydrogens is 298 g/mol. The van der Waals surface area contributed by atoms with Crippen molar-refractivity contribution in [2.24, 2.45) is 0 Å². The number of benzene rings is 1. The van der Waals surface area contributed by atoms with Crippen LogP contribution in [0.15, 0.2) is 47.6 Å².